The van der Waals surface area contributed by atoms with Gasteiger partial charge in [-0.2, -0.15) is 10.2 Å². The summed E-state index contributed by atoms with van der Waals surface area (Å²) < 4.78 is 5.35. The van der Waals surface area contributed by atoms with E-state index < -0.39 is 0 Å². The van der Waals surface area contributed by atoms with Crippen molar-refractivity contribution >= 4 is 0 Å². The van der Waals surface area contributed by atoms with Gasteiger partial charge in [0.15, 0.2) is 5.82 Å². The SMILES string of the molecule is N#Cc1cccc(CN[C@H]2CCCN(Cc3noc(C4CC4)n3)C2)c1. The number of likely N-dealkylation sites (tertiary alicyclic amines) is 1. The summed E-state index contributed by atoms with van der Waals surface area (Å²) in [6.07, 6.45) is 4.71. The predicted molar refractivity (Wildman–Crippen MR) is 92.6 cm³/mol. The Kier molecular flexibility index (Phi) is 4.77. The Bertz CT molecular complexity index is 761. The van der Waals surface area contributed by atoms with E-state index in [4.69, 9.17) is 9.78 Å². The van der Waals surface area contributed by atoms with Gasteiger partial charge in [-0.15, -0.1) is 0 Å². The summed E-state index contributed by atoms with van der Waals surface area (Å²) in [7, 11) is 0. The van der Waals surface area contributed by atoms with Crippen LogP contribution in [0, 0.1) is 11.3 Å². The van der Waals surface area contributed by atoms with Crippen LogP contribution in [0.5, 0.6) is 0 Å². The van der Waals surface area contributed by atoms with Crippen LogP contribution in [0.2, 0.25) is 0 Å². The van der Waals surface area contributed by atoms with Crippen molar-refractivity contribution in [3.05, 3.63) is 47.1 Å². The molecule has 130 valence electrons. The molecule has 1 aliphatic heterocycles. The molecule has 1 aromatic heterocycles. The number of benzene rings is 1. The van der Waals surface area contributed by atoms with Crippen molar-refractivity contribution in [2.45, 2.75) is 50.7 Å². The molecule has 2 aromatic rings. The van der Waals surface area contributed by atoms with E-state index in [0.29, 0.717) is 17.5 Å². The summed E-state index contributed by atoms with van der Waals surface area (Å²) in [4.78, 5) is 6.93. The summed E-state index contributed by atoms with van der Waals surface area (Å²) in [5.41, 5.74) is 1.87. The van der Waals surface area contributed by atoms with Gasteiger partial charge in [-0.1, -0.05) is 17.3 Å². The first-order valence-electron chi connectivity index (χ1n) is 9.07. The molecule has 1 aliphatic carbocycles. The highest BCUT2D eigenvalue weighted by atomic mass is 16.5. The molecule has 0 radical (unpaired) electrons. The molecule has 0 spiro atoms. The highest BCUT2D eigenvalue weighted by molar-refractivity contribution is 5.32. The molecule has 2 aliphatic rings. The first-order chi connectivity index (χ1) is 12.3. The van der Waals surface area contributed by atoms with Crippen molar-refractivity contribution in [3.8, 4) is 6.07 Å². The van der Waals surface area contributed by atoms with Gasteiger partial charge in [0, 0.05) is 25.0 Å². The Morgan fingerprint density at radius 2 is 2.24 bits per heavy atom. The average Bonchev–Trinajstić information content (AvgIpc) is 3.40. The first kappa shape index (κ1) is 16.2. The molecular weight excluding hydrogens is 314 g/mol. The van der Waals surface area contributed by atoms with E-state index in [1.54, 1.807) is 0 Å². The van der Waals surface area contributed by atoms with E-state index in [1.807, 2.05) is 18.2 Å². The van der Waals surface area contributed by atoms with Crippen molar-refractivity contribution in [2.24, 2.45) is 0 Å². The molecule has 1 saturated heterocycles. The van der Waals surface area contributed by atoms with Gasteiger partial charge in [0.25, 0.3) is 0 Å². The quantitative estimate of drug-likeness (QED) is 0.873. The summed E-state index contributed by atoms with van der Waals surface area (Å²) in [5, 5.41) is 16.8. The van der Waals surface area contributed by atoms with Crippen LogP contribution in [0.4, 0.5) is 0 Å². The van der Waals surface area contributed by atoms with Crippen molar-refractivity contribution in [3.63, 3.8) is 0 Å². The number of piperidine rings is 1. The van der Waals surface area contributed by atoms with E-state index in [2.05, 4.69) is 32.5 Å². The topological polar surface area (TPSA) is 78.0 Å². The monoisotopic (exact) mass is 337 g/mol. The number of nitriles is 1. The normalized spacial score (nSPS) is 21.2. The van der Waals surface area contributed by atoms with Crippen molar-refractivity contribution in [1.29, 1.82) is 5.26 Å². The molecule has 0 amide bonds. The molecule has 0 bridgehead atoms. The van der Waals surface area contributed by atoms with Gasteiger partial charge in [0.2, 0.25) is 5.89 Å². The number of hydrogen-bond donors (Lipinski definition) is 1. The molecule has 4 rings (SSSR count). The number of hydrogen-bond acceptors (Lipinski definition) is 6. The Morgan fingerprint density at radius 1 is 1.32 bits per heavy atom. The van der Waals surface area contributed by atoms with E-state index in [0.717, 1.165) is 43.5 Å². The Balaban J connectivity index is 1.28. The van der Waals surface area contributed by atoms with Gasteiger partial charge in [0.1, 0.15) is 0 Å². The maximum absolute atomic E-state index is 9.00. The van der Waals surface area contributed by atoms with Gasteiger partial charge >= 0.3 is 0 Å². The second-order valence-corrected chi connectivity index (χ2v) is 7.09. The van der Waals surface area contributed by atoms with Crippen LogP contribution in [0.15, 0.2) is 28.8 Å². The van der Waals surface area contributed by atoms with Crippen LogP contribution in [-0.2, 0) is 13.1 Å². The average molecular weight is 337 g/mol. The van der Waals surface area contributed by atoms with E-state index in [1.165, 1.54) is 25.7 Å². The molecule has 1 saturated carbocycles. The van der Waals surface area contributed by atoms with E-state index >= 15 is 0 Å². The molecule has 2 heterocycles. The molecule has 1 N–H and O–H groups in total. The summed E-state index contributed by atoms with van der Waals surface area (Å²) in [5.74, 6) is 2.14. The molecule has 1 aromatic carbocycles. The van der Waals surface area contributed by atoms with Crippen LogP contribution in [-0.4, -0.2) is 34.2 Å². The van der Waals surface area contributed by atoms with Crippen molar-refractivity contribution in [2.75, 3.05) is 13.1 Å². The second-order valence-electron chi connectivity index (χ2n) is 7.09. The Hall–Kier alpha value is -2.23. The Labute approximate surface area is 147 Å². The molecule has 25 heavy (non-hydrogen) atoms. The van der Waals surface area contributed by atoms with Gasteiger partial charge < -0.3 is 9.84 Å². The molecular formula is C19H23N5O. The van der Waals surface area contributed by atoms with E-state index in [-0.39, 0.29) is 0 Å². The lowest BCUT2D eigenvalue weighted by molar-refractivity contribution is 0.177. The van der Waals surface area contributed by atoms with Crippen molar-refractivity contribution < 1.29 is 4.52 Å². The number of rotatable bonds is 6. The van der Waals surface area contributed by atoms with Gasteiger partial charge in [-0.05, 0) is 49.9 Å². The van der Waals surface area contributed by atoms with Crippen LogP contribution < -0.4 is 5.32 Å². The lowest BCUT2D eigenvalue weighted by Gasteiger charge is -2.32. The molecule has 1 atom stereocenters. The Morgan fingerprint density at radius 3 is 3.08 bits per heavy atom. The highest BCUT2D eigenvalue weighted by Crippen LogP contribution is 2.38. The van der Waals surface area contributed by atoms with Crippen LogP contribution >= 0.6 is 0 Å². The van der Waals surface area contributed by atoms with Crippen LogP contribution in [0.25, 0.3) is 0 Å². The third kappa shape index (κ3) is 4.25. The fourth-order valence-electron chi connectivity index (χ4n) is 3.41. The third-order valence-corrected chi connectivity index (χ3v) is 4.93. The summed E-state index contributed by atoms with van der Waals surface area (Å²) in [6, 6.07) is 10.4. The number of nitrogens with one attached hydrogen (secondary N) is 1. The minimum Gasteiger partial charge on any atom is -0.339 e. The maximum Gasteiger partial charge on any atom is 0.229 e. The summed E-state index contributed by atoms with van der Waals surface area (Å²) >= 11 is 0. The van der Waals surface area contributed by atoms with Gasteiger partial charge in [0.05, 0.1) is 18.2 Å². The first-order valence-corrected chi connectivity index (χ1v) is 9.07. The standard InChI is InChI=1S/C19H23N5O/c20-10-14-3-1-4-15(9-14)11-21-17-5-2-8-24(12-17)13-18-22-19(25-23-18)16-6-7-16/h1,3-4,9,16-17,21H,2,5-8,11-13H2/t17-/m0/s1. The third-order valence-electron chi connectivity index (χ3n) is 4.93. The zero-order chi connectivity index (χ0) is 17.1. The molecule has 0 unspecified atom stereocenters. The van der Waals surface area contributed by atoms with Gasteiger partial charge in [-0.3, -0.25) is 4.90 Å². The lowest BCUT2D eigenvalue weighted by atomic mass is 10.0. The van der Waals surface area contributed by atoms with Crippen molar-refractivity contribution in [1.82, 2.24) is 20.4 Å². The second kappa shape index (κ2) is 7.34. The fourth-order valence-corrected chi connectivity index (χ4v) is 3.41. The maximum atomic E-state index is 9.00. The van der Waals surface area contributed by atoms with Crippen LogP contribution in [0.1, 0.15) is 54.4 Å². The summed E-state index contributed by atoms with van der Waals surface area (Å²) in [6.45, 7) is 3.63. The zero-order valence-electron chi connectivity index (χ0n) is 14.3. The zero-order valence-corrected chi connectivity index (χ0v) is 14.3. The molecule has 6 heteroatoms. The minimum absolute atomic E-state index is 0.453. The van der Waals surface area contributed by atoms with E-state index in [9.17, 15) is 0 Å². The fraction of sp³-hybridized carbons (Fsp3) is 0.526. The van der Waals surface area contributed by atoms with Gasteiger partial charge in [-0.25, -0.2) is 0 Å². The lowest BCUT2D eigenvalue weighted by Crippen LogP contribution is -2.45. The minimum atomic E-state index is 0.453. The predicted octanol–water partition coefficient (Wildman–Crippen LogP) is 2.57. The highest BCUT2D eigenvalue weighted by Gasteiger charge is 2.30. The van der Waals surface area contributed by atoms with Crippen LogP contribution in [0.3, 0.4) is 0 Å². The molecule has 2 fully saturated rings. The number of nitrogens with zero attached hydrogens (tertiary/aromatic N) is 4. The number of aromatic nitrogens is 2. The smallest absolute Gasteiger partial charge is 0.229 e. The largest absolute Gasteiger partial charge is 0.339 e. The molecule has 6 nitrogen and oxygen atoms in total.